The van der Waals surface area contributed by atoms with Crippen molar-refractivity contribution >= 4 is 44.3 Å². The number of rotatable bonds is 10. The number of ether oxygens (including phenoxy) is 1. The number of aromatic nitrogens is 1. The molecule has 0 bridgehead atoms. The Labute approximate surface area is 244 Å². The van der Waals surface area contributed by atoms with E-state index in [1.54, 1.807) is 62.6 Å². The zero-order valence-corrected chi connectivity index (χ0v) is 23.9. The fourth-order valence-corrected chi connectivity index (χ4v) is 6.25. The number of nitrogens with one attached hydrogen (secondary N) is 1. The van der Waals surface area contributed by atoms with Crippen LogP contribution in [-0.2, 0) is 21.1 Å². The number of pyridine rings is 1. The SMILES string of the molecule is COc1cccc(Nc2c(C(N)=O)cnc3c(C)cc(S(=O)(=O)c4cccc(-c5ccc(CCC=O)cc5)c4)cc23)c1. The quantitative estimate of drug-likeness (QED) is 0.193. The molecule has 4 aromatic carbocycles. The molecule has 212 valence electrons. The molecular weight excluding hydrogens is 550 g/mol. The van der Waals surface area contributed by atoms with Gasteiger partial charge in [0.25, 0.3) is 5.91 Å². The Balaban J connectivity index is 1.60. The van der Waals surface area contributed by atoms with Crippen LogP contribution in [0.3, 0.4) is 0 Å². The van der Waals surface area contributed by atoms with Gasteiger partial charge in [0.05, 0.1) is 33.7 Å². The van der Waals surface area contributed by atoms with Crippen LogP contribution in [0.4, 0.5) is 11.4 Å². The number of sulfone groups is 1. The summed E-state index contributed by atoms with van der Waals surface area (Å²) < 4.78 is 33.3. The summed E-state index contributed by atoms with van der Waals surface area (Å²) in [5, 5.41) is 3.67. The van der Waals surface area contributed by atoms with Gasteiger partial charge in [0.15, 0.2) is 0 Å². The van der Waals surface area contributed by atoms with E-state index in [-0.39, 0.29) is 15.4 Å². The average molecular weight is 580 g/mol. The van der Waals surface area contributed by atoms with Crippen LogP contribution in [0.2, 0.25) is 0 Å². The third-order valence-corrected chi connectivity index (χ3v) is 8.76. The van der Waals surface area contributed by atoms with Gasteiger partial charge in [-0.05, 0) is 72.0 Å². The van der Waals surface area contributed by atoms with E-state index in [4.69, 9.17) is 10.5 Å². The summed E-state index contributed by atoms with van der Waals surface area (Å²) in [6.45, 7) is 1.77. The first kappa shape index (κ1) is 28.5. The van der Waals surface area contributed by atoms with E-state index in [1.807, 2.05) is 30.3 Å². The lowest BCUT2D eigenvalue weighted by atomic mass is 10.0. The second-order valence-electron chi connectivity index (χ2n) is 9.84. The number of hydrogen-bond acceptors (Lipinski definition) is 7. The van der Waals surface area contributed by atoms with Gasteiger partial charge >= 0.3 is 0 Å². The van der Waals surface area contributed by atoms with Gasteiger partial charge in [-0.2, -0.15) is 0 Å². The van der Waals surface area contributed by atoms with Crippen LogP contribution in [0.1, 0.15) is 27.9 Å². The summed E-state index contributed by atoms with van der Waals surface area (Å²) in [6.07, 6.45) is 3.38. The molecule has 42 heavy (non-hydrogen) atoms. The minimum absolute atomic E-state index is 0.0611. The average Bonchev–Trinajstić information content (AvgIpc) is 3.00. The van der Waals surface area contributed by atoms with E-state index in [1.165, 1.54) is 12.3 Å². The van der Waals surface area contributed by atoms with E-state index >= 15 is 0 Å². The Hall–Kier alpha value is -5.02. The first-order chi connectivity index (χ1) is 20.2. The Morgan fingerprint density at radius 1 is 0.952 bits per heavy atom. The van der Waals surface area contributed by atoms with Gasteiger partial charge in [-0.25, -0.2) is 8.42 Å². The molecule has 0 saturated heterocycles. The molecule has 0 fully saturated rings. The van der Waals surface area contributed by atoms with E-state index in [0.717, 1.165) is 23.0 Å². The summed E-state index contributed by atoms with van der Waals surface area (Å²) in [5.41, 5.74) is 10.6. The largest absolute Gasteiger partial charge is 0.497 e. The van der Waals surface area contributed by atoms with Crippen molar-refractivity contribution in [3.8, 4) is 16.9 Å². The topological polar surface area (TPSA) is 128 Å². The molecule has 3 N–H and O–H groups in total. The van der Waals surface area contributed by atoms with Crippen molar-refractivity contribution < 1.29 is 22.7 Å². The molecule has 1 aromatic heterocycles. The number of amides is 1. The standard InChI is InChI=1S/C33H29N3O5S/c1-21-16-28(42(39,40)27-10-3-7-24(17-27)23-13-11-22(12-14-23)6-5-15-37)19-29-31(21)35-20-30(33(34)38)32(29)36-25-8-4-9-26(18-25)41-2/h3-4,7-20H,5-6H2,1-2H3,(H2,34,38)(H,35,36). The molecule has 5 rings (SSSR count). The number of aryl methyl sites for hydroxylation is 2. The lowest BCUT2D eigenvalue weighted by molar-refractivity contribution is -0.107. The lowest BCUT2D eigenvalue weighted by Crippen LogP contribution is -2.14. The molecule has 1 amide bonds. The third kappa shape index (κ3) is 5.73. The van der Waals surface area contributed by atoms with Crippen LogP contribution in [0.5, 0.6) is 5.75 Å². The highest BCUT2D eigenvalue weighted by Crippen LogP contribution is 2.35. The Morgan fingerprint density at radius 2 is 1.71 bits per heavy atom. The Bertz CT molecular complexity index is 1920. The molecule has 0 radical (unpaired) electrons. The molecule has 0 spiro atoms. The number of carbonyl (C=O) groups is 2. The zero-order valence-electron chi connectivity index (χ0n) is 23.1. The smallest absolute Gasteiger partial charge is 0.252 e. The fourth-order valence-electron chi connectivity index (χ4n) is 4.84. The Morgan fingerprint density at radius 3 is 2.43 bits per heavy atom. The van der Waals surface area contributed by atoms with Crippen molar-refractivity contribution in [2.75, 3.05) is 12.4 Å². The number of methoxy groups -OCH3 is 1. The van der Waals surface area contributed by atoms with Crippen molar-refractivity contribution in [2.24, 2.45) is 5.73 Å². The first-order valence-electron chi connectivity index (χ1n) is 13.2. The van der Waals surface area contributed by atoms with Crippen molar-refractivity contribution in [1.82, 2.24) is 4.98 Å². The summed E-state index contributed by atoms with van der Waals surface area (Å²) in [4.78, 5) is 27.7. The maximum absolute atomic E-state index is 14.0. The summed E-state index contributed by atoms with van der Waals surface area (Å²) in [5.74, 6) is -0.0977. The van der Waals surface area contributed by atoms with E-state index in [9.17, 15) is 18.0 Å². The zero-order chi connectivity index (χ0) is 29.9. The number of hydrogen-bond donors (Lipinski definition) is 2. The van der Waals surface area contributed by atoms with Crippen LogP contribution in [-0.4, -0.2) is 32.7 Å². The van der Waals surface area contributed by atoms with Crippen LogP contribution >= 0.6 is 0 Å². The van der Waals surface area contributed by atoms with Crippen molar-refractivity contribution in [3.05, 3.63) is 108 Å². The van der Waals surface area contributed by atoms with Crippen molar-refractivity contribution in [3.63, 3.8) is 0 Å². The lowest BCUT2D eigenvalue weighted by Gasteiger charge is -2.16. The van der Waals surface area contributed by atoms with Gasteiger partial charge in [0, 0.05) is 29.8 Å². The fraction of sp³-hybridized carbons (Fsp3) is 0.121. The monoisotopic (exact) mass is 579 g/mol. The predicted molar refractivity (Wildman–Crippen MR) is 163 cm³/mol. The number of primary amides is 1. The van der Waals surface area contributed by atoms with Crippen LogP contribution in [0.25, 0.3) is 22.0 Å². The highest BCUT2D eigenvalue weighted by atomic mass is 32.2. The maximum Gasteiger partial charge on any atom is 0.252 e. The third-order valence-electron chi connectivity index (χ3n) is 7.03. The minimum atomic E-state index is -3.97. The van der Waals surface area contributed by atoms with Gasteiger partial charge < -0.3 is 20.6 Å². The molecule has 0 aliphatic carbocycles. The molecule has 1 heterocycles. The molecule has 0 aliphatic rings. The van der Waals surface area contributed by atoms with Gasteiger partial charge in [-0.15, -0.1) is 0 Å². The van der Waals surface area contributed by atoms with E-state index in [0.29, 0.717) is 46.4 Å². The molecule has 5 aromatic rings. The van der Waals surface area contributed by atoms with E-state index < -0.39 is 15.7 Å². The van der Waals surface area contributed by atoms with E-state index in [2.05, 4.69) is 10.3 Å². The molecule has 9 heteroatoms. The van der Waals surface area contributed by atoms with Gasteiger partial charge in [-0.1, -0.05) is 42.5 Å². The summed E-state index contributed by atoms with van der Waals surface area (Å²) in [6, 6.07) is 24.7. The van der Waals surface area contributed by atoms with Gasteiger partial charge in [-0.3, -0.25) is 9.78 Å². The van der Waals surface area contributed by atoms with Crippen molar-refractivity contribution in [1.29, 1.82) is 0 Å². The number of nitrogens with two attached hydrogens (primary N) is 1. The number of fused-ring (bicyclic) bond motifs is 1. The van der Waals surface area contributed by atoms with Gasteiger partial charge in [0.2, 0.25) is 9.84 Å². The number of benzene rings is 4. The molecule has 0 unspecified atom stereocenters. The normalized spacial score (nSPS) is 11.3. The summed E-state index contributed by atoms with van der Waals surface area (Å²) in [7, 11) is -2.42. The molecule has 0 saturated carbocycles. The maximum atomic E-state index is 14.0. The molecule has 0 atom stereocenters. The van der Waals surface area contributed by atoms with Crippen molar-refractivity contribution in [2.45, 2.75) is 29.6 Å². The Kier molecular flexibility index (Phi) is 8.04. The molecule has 0 aliphatic heterocycles. The van der Waals surface area contributed by atoms with Crippen LogP contribution in [0.15, 0.2) is 101 Å². The second-order valence-corrected chi connectivity index (χ2v) is 11.8. The second kappa shape index (κ2) is 11.8. The number of anilines is 2. The molecular formula is C33H29N3O5S. The van der Waals surface area contributed by atoms with Crippen LogP contribution in [0, 0.1) is 6.92 Å². The number of carbonyl (C=O) groups excluding carboxylic acids is 2. The summed E-state index contributed by atoms with van der Waals surface area (Å²) >= 11 is 0. The highest BCUT2D eigenvalue weighted by Gasteiger charge is 2.23. The minimum Gasteiger partial charge on any atom is -0.497 e. The van der Waals surface area contributed by atoms with Gasteiger partial charge in [0.1, 0.15) is 12.0 Å². The highest BCUT2D eigenvalue weighted by molar-refractivity contribution is 7.91. The predicted octanol–water partition coefficient (Wildman–Crippen LogP) is 6.03. The first-order valence-corrected chi connectivity index (χ1v) is 14.7. The van der Waals surface area contributed by atoms with Crippen LogP contribution < -0.4 is 15.8 Å². The number of nitrogens with zero attached hydrogens (tertiary/aromatic N) is 1. The molecule has 8 nitrogen and oxygen atoms in total. The number of aldehydes is 1.